The molecule has 2 aromatic rings. The van der Waals surface area contributed by atoms with E-state index >= 15 is 0 Å². The molecule has 3 aliphatic heterocycles. The third-order valence-corrected chi connectivity index (χ3v) is 7.30. The summed E-state index contributed by atoms with van der Waals surface area (Å²) in [5.74, 6) is 0.376. The molecule has 8 nitrogen and oxygen atoms in total. The lowest BCUT2D eigenvalue weighted by atomic mass is 10.0. The molecule has 2 aromatic carbocycles. The van der Waals surface area contributed by atoms with Crippen LogP contribution in [0, 0.1) is 0 Å². The van der Waals surface area contributed by atoms with Crippen LogP contribution in [-0.2, 0) is 12.7 Å². The van der Waals surface area contributed by atoms with Crippen LogP contribution in [0.2, 0.25) is 0 Å². The van der Waals surface area contributed by atoms with Gasteiger partial charge in [0.15, 0.2) is 0 Å². The molecular weight excluding hydrogens is 507 g/mol. The highest BCUT2D eigenvalue weighted by molar-refractivity contribution is 6.01. The van der Waals surface area contributed by atoms with Crippen molar-refractivity contribution in [1.82, 2.24) is 15.1 Å². The van der Waals surface area contributed by atoms with Gasteiger partial charge in [0.1, 0.15) is 5.84 Å². The highest BCUT2D eigenvalue weighted by atomic mass is 19.4. The first kappa shape index (κ1) is 26.6. The Hall–Kier alpha value is -3.99. The van der Waals surface area contributed by atoms with E-state index in [0.29, 0.717) is 42.8 Å². The first-order valence-corrected chi connectivity index (χ1v) is 12.9. The van der Waals surface area contributed by atoms with Crippen molar-refractivity contribution in [2.24, 2.45) is 10.7 Å². The molecule has 206 valence electrons. The molecule has 3 aliphatic rings. The monoisotopic (exact) mass is 539 g/mol. The van der Waals surface area contributed by atoms with E-state index in [-0.39, 0.29) is 18.1 Å². The minimum atomic E-state index is -4.50. The molecule has 1 amide bonds. The molecular formula is C28H32F3N7O. The van der Waals surface area contributed by atoms with Crippen LogP contribution in [-0.4, -0.2) is 60.3 Å². The van der Waals surface area contributed by atoms with Crippen LogP contribution in [0.5, 0.6) is 0 Å². The lowest BCUT2D eigenvalue weighted by molar-refractivity contribution is -0.137. The number of amides is 1. The van der Waals surface area contributed by atoms with Crippen molar-refractivity contribution in [3.05, 3.63) is 77.3 Å². The van der Waals surface area contributed by atoms with E-state index in [2.05, 4.69) is 34.4 Å². The third-order valence-electron chi connectivity index (χ3n) is 7.30. The van der Waals surface area contributed by atoms with Gasteiger partial charge < -0.3 is 26.2 Å². The second-order valence-corrected chi connectivity index (χ2v) is 10.1. The van der Waals surface area contributed by atoms with E-state index in [9.17, 15) is 18.0 Å². The number of halogens is 3. The maximum absolute atomic E-state index is 14.1. The van der Waals surface area contributed by atoms with Crippen LogP contribution in [0.3, 0.4) is 0 Å². The quantitative estimate of drug-likeness (QED) is 0.532. The number of carbonyl (C=O) groups is 1. The Morgan fingerprint density at radius 3 is 2.56 bits per heavy atom. The van der Waals surface area contributed by atoms with Gasteiger partial charge in [0.25, 0.3) is 5.91 Å². The molecule has 3 heterocycles. The van der Waals surface area contributed by atoms with Gasteiger partial charge in [-0.15, -0.1) is 0 Å². The third kappa shape index (κ3) is 5.58. The molecule has 0 saturated carbocycles. The fraction of sp³-hybridized carbons (Fsp3) is 0.357. The molecule has 39 heavy (non-hydrogen) atoms. The second kappa shape index (κ2) is 10.6. The average molecular weight is 540 g/mol. The fourth-order valence-corrected chi connectivity index (χ4v) is 5.20. The summed E-state index contributed by atoms with van der Waals surface area (Å²) in [6, 6.07) is 10.3. The predicted octanol–water partition coefficient (Wildman–Crippen LogP) is 4.03. The number of hydrogen-bond donors (Lipinski definition) is 3. The number of carbonyl (C=O) groups excluding carboxylic acids is 1. The first-order chi connectivity index (χ1) is 18.6. The Balaban J connectivity index is 1.38. The summed E-state index contributed by atoms with van der Waals surface area (Å²) >= 11 is 0. The van der Waals surface area contributed by atoms with E-state index in [1.54, 1.807) is 24.5 Å². The van der Waals surface area contributed by atoms with Crippen LogP contribution in [0.15, 0.2) is 60.0 Å². The van der Waals surface area contributed by atoms with Gasteiger partial charge >= 0.3 is 6.18 Å². The number of fused-ring (bicyclic) bond motifs is 1. The summed E-state index contributed by atoms with van der Waals surface area (Å²) < 4.78 is 42.4. The van der Waals surface area contributed by atoms with Gasteiger partial charge in [0, 0.05) is 73.7 Å². The number of aliphatic imine (C=N–C) groups is 1. The molecule has 0 bridgehead atoms. The molecule has 5 rings (SSSR count). The standard InChI is InChI=1S/C28H32F3N7O/c1-18(2)36-9-11-37(12-10-36)24-6-4-21(14-23(24)28(29,30)31)35-26-17-38(8-7-32)25(16-33-26)19-3-5-22-20(13-19)15-34-27(22)39/h3-8,13-14,16,18H,9-12,15,17,32H2,1-2H3,(H,33,35)(H,34,39)/b8-7-. The van der Waals surface area contributed by atoms with E-state index < -0.39 is 11.7 Å². The van der Waals surface area contributed by atoms with Crippen molar-refractivity contribution in [3.8, 4) is 0 Å². The van der Waals surface area contributed by atoms with Gasteiger partial charge in [-0.1, -0.05) is 6.07 Å². The van der Waals surface area contributed by atoms with E-state index in [1.165, 1.54) is 12.3 Å². The van der Waals surface area contributed by atoms with Crippen molar-refractivity contribution in [1.29, 1.82) is 0 Å². The number of nitrogens with zero attached hydrogens (tertiary/aromatic N) is 4. The minimum absolute atomic E-state index is 0.0977. The lowest BCUT2D eigenvalue weighted by Crippen LogP contribution is -2.49. The van der Waals surface area contributed by atoms with Crippen LogP contribution >= 0.6 is 0 Å². The second-order valence-electron chi connectivity index (χ2n) is 10.1. The molecule has 0 radical (unpaired) electrons. The molecule has 1 fully saturated rings. The van der Waals surface area contributed by atoms with Gasteiger partial charge in [-0.3, -0.25) is 9.69 Å². The normalized spacial score (nSPS) is 18.4. The fourth-order valence-electron chi connectivity index (χ4n) is 5.20. The summed E-state index contributed by atoms with van der Waals surface area (Å²) in [7, 11) is 0. The Labute approximate surface area is 225 Å². The highest BCUT2D eigenvalue weighted by Crippen LogP contribution is 2.39. The van der Waals surface area contributed by atoms with Crippen LogP contribution in [0.1, 0.15) is 40.9 Å². The lowest BCUT2D eigenvalue weighted by Gasteiger charge is -2.39. The molecule has 1 saturated heterocycles. The van der Waals surface area contributed by atoms with Crippen LogP contribution < -0.4 is 21.3 Å². The molecule has 4 N–H and O–H groups in total. The Morgan fingerprint density at radius 1 is 1.10 bits per heavy atom. The SMILES string of the molecule is CC(C)N1CCN(c2ccc(NC3=NC=C(c4ccc5c(c4)CNC5=O)N(/C=C\N)C3)cc2C(F)(F)F)CC1. The topological polar surface area (TPSA) is 89.2 Å². The number of benzene rings is 2. The van der Waals surface area contributed by atoms with Crippen molar-refractivity contribution < 1.29 is 18.0 Å². The Bertz CT molecular complexity index is 1340. The molecule has 0 atom stereocenters. The maximum atomic E-state index is 14.1. The van der Waals surface area contributed by atoms with Gasteiger partial charge in [0.05, 0.1) is 24.0 Å². The zero-order chi connectivity index (χ0) is 27.7. The minimum Gasteiger partial charge on any atom is -0.403 e. The molecule has 0 aromatic heterocycles. The highest BCUT2D eigenvalue weighted by Gasteiger charge is 2.36. The number of anilines is 2. The van der Waals surface area contributed by atoms with Gasteiger partial charge in [0.2, 0.25) is 0 Å². The number of alkyl halides is 3. The Kier molecular flexibility index (Phi) is 7.26. The molecule has 11 heteroatoms. The van der Waals surface area contributed by atoms with E-state index in [4.69, 9.17) is 5.73 Å². The number of amidine groups is 1. The predicted molar refractivity (Wildman–Crippen MR) is 147 cm³/mol. The van der Waals surface area contributed by atoms with Gasteiger partial charge in [-0.2, -0.15) is 13.2 Å². The summed E-state index contributed by atoms with van der Waals surface area (Å²) in [5, 5.41) is 5.86. The van der Waals surface area contributed by atoms with Crippen LogP contribution in [0.25, 0.3) is 5.70 Å². The summed E-state index contributed by atoms with van der Waals surface area (Å²) in [5.41, 5.74) is 8.68. The Morgan fingerprint density at radius 2 is 1.87 bits per heavy atom. The summed E-state index contributed by atoms with van der Waals surface area (Å²) in [6.07, 6.45) is 0.220. The van der Waals surface area contributed by atoms with Crippen molar-refractivity contribution in [3.63, 3.8) is 0 Å². The smallest absolute Gasteiger partial charge is 0.403 e. The van der Waals surface area contributed by atoms with Gasteiger partial charge in [-0.25, -0.2) is 4.99 Å². The van der Waals surface area contributed by atoms with E-state index in [1.807, 2.05) is 21.9 Å². The first-order valence-electron chi connectivity index (χ1n) is 12.9. The number of rotatable bonds is 5. The number of nitrogens with two attached hydrogens (primary N) is 1. The van der Waals surface area contributed by atoms with Crippen molar-refractivity contribution >= 4 is 28.8 Å². The van der Waals surface area contributed by atoms with Gasteiger partial charge in [-0.05, 0) is 49.7 Å². The van der Waals surface area contributed by atoms with E-state index in [0.717, 1.165) is 36.0 Å². The molecule has 0 aliphatic carbocycles. The largest absolute Gasteiger partial charge is 0.418 e. The molecule has 0 spiro atoms. The molecule has 0 unspecified atom stereocenters. The van der Waals surface area contributed by atoms with Crippen molar-refractivity contribution in [2.75, 3.05) is 42.9 Å². The average Bonchev–Trinajstić information content (AvgIpc) is 3.28. The van der Waals surface area contributed by atoms with Crippen molar-refractivity contribution in [2.45, 2.75) is 32.6 Å². The number of nitrogens with one attached hydrogen (secondary N) is 2. The number of hydrogen-bond acceptors (Lipinski definition) is 7. The zero-order valence-corrected chi connectivity index (χ0v) is 21.9. The maximum Gasteiger partial charge on any atom is 0.418 e. The number of piperazine rings is 1. The summed E-state index contributed by atoms with van der Waals surface area (Å²) in [4.78, 5) is 22.3. The zero-order valence-electron chi connectivity index (χ0n) is 21.9. The summed E-state index contributed by atoms with van der Waals surface area (Å²) in [6.45, 7) is 7.46. The van der Waals surface area contributed by atoms with Crippen LogP contribution in [0.4, 0.5) is 24.5 Å².